The number of fused-ring (bicyclic) bond motifs is 1. The smallest absolute Gasteiger partial charge is 0.328 e. The predicted molar refractivity (Wildman–Crippen MR) is 122 cm³/mol. The van der Waals surface area contributed by atoms with Gasteiger partial charge in [-0.15, -0.1) is 5.10 Å². The molecule has 7 nitrogen and oxygen atoms in total. The molecule has 1 N–H and O–H groups in total. The zero-order chi connectivity index (χ0) is 22.4. The number of aliphatic carboxylic acids is 1. The van der Waals surface area contributed by atoms with Crippen molar-refractivity contribution in [3.63, 3.8) is 0 Å². The molecule has 4 rings (SSSR count). The van der Waals surface area contributed by atoms with Crippen molar-refractivity contribution in [2.45, 2.75) is 39.3 Å². The minimum absolute atomic E-state index is 0.0470. The number of aromatic nitrogens is 3. The number of hydrogen-bond acceptors (Lipinski definition) is 5. The fourth-order valence-corrected chi connectivity index (χ4v) is 4.30. The first-order chi connectivity index (χ1) is 15.6. The van der Waals surface area contributed by atoms with Gasteiger partial charge in [0, 0.05) is 32.4 Å². The summed E-state index contributed by atoms with van der Waals surface area (Å²) < 4.78 is 13.6. The largest absolute Gasteiger partial charge is 0.478 e. The number of carboxylic acid groups (broad SMARTS) is 1. The monoisotopic (exact) mass is 435 g/mol. The average molecular weight is 436 g/mol. The second-order valence-electron chi connectivity index (χ2n) is 8.47. The van der Waals surface area contributed by atoms with E-state index in [4.69, 9.17) is 14.6 Å². The molecule has 0 atom stereocenters. The maximum Gasteiger partial charge on any atom is 0.328 e. The number of benzene rings is 2. The van der Waals surface area contributed by atoms with Crippen molar-refractivity contribution >= 4 is 23.1 Å². The zero-order valence-corrected chi connectivity index (χ0v) is 18.4. The van der Waals surface area contributed by atoms with E-state index < -0.39 is 5.97 Å². The van der Waals surface area contributed by atoms with Crippen LogP contribution in [0.5, 0.6) is 0 Å². The maximum atomic E-state index is 10.9. The van der Waals surface area contributed by atoms with E-state index in [1.165, 1.54) is 5.56 Å². The van der Waals surface area contributed by atoms with Gasteiger partial charge in [0.15, 0.2) is 0 Å². The van der Waals surface area contributed by atoms with Crippen LogP contribution in [0.25, 0.3) is 17.1 Å². The molecule has 1 saturated heterocycles. The summed E-state index contributed by atoms with van der Waals surface area (Å²) in [5, 5.41) is 17.8. The molecule has 0 bridgehead atoms. The molecule has 7 heteroatoms. The Labute approximate surface area is 187 Å². The molecule has 168 valence electrons. The Kier molecular flexibility index (Phi) is 6.97. The number of aryl methyl sites for hydroxylation is 1. The molecule has 1 fully saturated rings. The van der Waals surface area contributed by atoms with Crippen molar-refractivity contribution in [2.75, 3.05) is 19.8 Å². The molecular formula is C25H29N3O4. The highest BCUT2D eigenvalue weighted by atomic mass is 16.5. The van der Waals surface area contributed by atoms with Gasteiger partial charge in [-0.3, -0.25) is 0 Å². The van der Waals surface area contributed by atoms with Crippen molar-refractivity contribution in [2.24, 2.45) is 5.41 Å². The highest BCUT2D eigenvalue weighted by Gasteiger charge is 2.34. The van der Waals surface area contributed by atoms with Crippen molar-refractivity contribution in [3.05, 3.63) is 65.2 Å². The molecule has 2 heterocycles. The molecule has 0 spiro atoms. The van der Waals surface area contributed by atoms with Crippen LogP contribution in [-0.4, -0.2) is 45.9 Å². The molecule has 0 aliphatic carbocycles. The van der Waals surface area contributed by atoms with Gasteiger partial charge in [-0.25, -0.2) is 9.48 Å². The number of nitrogens with zero attached hydrogens (tertiary/aromatic N) is 3. The third-order valence-corrected chi connectivity index (χ3v) is 6.31. The van der Waals surface area contributed by atoms with Crippen LogP contribution in [0, 0.1) is 12.3 Å². The van der Waals surface area contributed by atoms with Crippen LogP contribution >= 0.6 is 0 Å². The van der Waals surface area contributed by atoms with Crippen molar-refractivity contribution < 1.29 is 19.4 Å². The number of carboxylic acids is 1. The van der Waals surface area contributed by atoms with Gasteiger partial charge in [-0.1, -0.05) is 41.6 Å². The van der Waals surface area contributed by atoms with Crippen LogP contribution in [0.4, 0.5) is 0 Å². The normalized spacial score (nSPS) is 16.0. The predicted octanol–water partition coefficient (Wildman–Crippen LogP) is 4.24. The SMILES string of the molecule is Cc1c(/C=C/C(=O)O)ccc2c1nnn2CC1(CCOCc2ccccc2)CCOCC1. The highest BCUT2D eigenvalue weighted by molar-refractivity contribution is 5.88. The standard InChI is InChI=1S/C25H29N3O4/c1-19-21(8-10-23(29)30)7-9-22-24(19)26-27-28(22)18-25(11-14-31-15-12-25)13-16-32-17-20-5-3-2-4-6-20/h2-10H,11-18H2,1H3,(H,29,30)/b10-8+. The van der Waals surface area contributed by atoms with Crippen LogP contribution < -0.4 is 0 Å². The summed E-state index contributed by atoms with van der Waals surface area (Å²) in [5.41, 5.74) is 4.76. The molecule has 0 amide bonds. The molecule has 1 aliphatic heterocycles. The lowest BCUT2D eigenvalue weighted by Crippen LogP contribution is -2.35. The average Bonchev–Trinajstić information content (AvgIpc) is 3.21. The van der Waals surface area contributed by atoms with Crippen LogP contribution in [0.1, 0.15) is 36.0 Å². The van der Waals surface area contributed by atoms with Gasteiger partial charge in [-0.2, -0.15) is 0 Å². The number of hydrogen-bond donors (Lipinski definition) is 1. The molecule has 1 aliphatic rings. The molecule has 3 aromatic rings. The lowest BCUT2D eigenvalue weighted by atomic mass is 9.77. The van der Waals surface area contributed by atoms with Gasteiger partial charge >= 0.3 is 5.97 Å². The fraction of sp³-hybridized carbons (Fsp3) is 0.400. The lowest BCUT2D eigenvalue weighted by molar-refractivity contribution is -0.131. The Hall–Kier alpha value is -3.03. The van der Waals surface area contributed by atoms with Crippen molar-refractivity contribution in [1.82, 2.24) is 15.0 Å². The van der Waals surface area contributed by atoms with Gasteiger partial charge < -0.3 is 14.6 Å². The number of rotatable bonds is 9. The zero-order valence-electron chi connectivity index (χ0n) is 18.4. The Balaban J connectivity index is 1.48. The van der Waals surface area contributed by atoms with E-state index >= 15 is 0 Å². The summed E-state index contributed by atoms with van der Waals surface area (Å²) in [5.74, 6) is -0.968. The quantitative estimate of drug-likeness (QED) is 0.400. The van der Waals surface area contributed by atoms with Gasteiger partial charge in [0.1, 0.15) is 5.52 Å². The third-order valence-electron chi connectivity index (χ3n) is 6.31. The number of carbonyl (C=O) groups is 1. The number of ether oxygens (including phenoxy) is 2. The van der Waals surface area contributed by atoms with E-state index in [2.05, 4.69) is 22.4 Å². The van der Waals surface area contributed by atoms with Gasteiger partial charge in [0.2, 0.25) is 0 Å². The van der Waals surface area contributed by atoms with Gasteiger partial charge in [-0.05, 0) is 60.4 Å². The Morgan fingerprint density at radius 1 is 1.22 bits per heavy atom. The first-order valence-electron chi connectivity index (χ1n) is 11.0. The maximum absolute atomic E-state index is 10.9. The molecule has 2 aromatic carbocycles. The van der Waals surface area contributed by atoms with E-state index in [9.17, 15) is 4.79 Å². The summed E-state index contributed by atoms with van der Waals surface area (Å²) in [6.45, 7) is 5.50. The molecule has 0 radical (unpaired) electrons. The molecule has 32 heavy (non-hydrogen) atoms. The van der Waals surface area contributed by atoms with E-state index in [0.717, 1.165) is 67.3 Å². The highest BCUT2D eigenvalue weighted by Crippen LogP contribution is 2.37. The minimum Gasteiger partial charge on any atom is -0.478 e. The second-order valence-corrected chi connectivity index (χ2v) is 8.47. The van der Waals surface area contributed by atoms with Crippen LogP contribution in [0.2, 0.25) is 0 Å². The van der Waals surface area contributed by atoms with Crippen molar-refractivity contribution in [3.8, 4) is 0 Å². The molecule has 1 aromatic heterocycles. The van der Waals surface area contributed by atoms with Gasteiger partial charge in [0.25, 0.3) is 0 Å². The summed E-state index contributed by atoms with van der Waals surface area (Å²) >= 11 is 0. The van der Waals surface area contributed by atoms with Crippen LogP contribution in [0.3, 0.4) is 0 Å². The summed E-state index contributed by atoms with van der Waals surface area (Å²) in [6, 6.07) is 14.1. The van der Waals surface area contributed by atoms with E-state index in [1.54, 1.807) is 6.08 Å². The molecule has 0 unspecified atom stereocenters. The van der Waals surface area contributed by atoms with E-state index in [1.807, 2.05) is 41.9 Å². The second kappa shape index (κ2) is 10.1. The summed E-state index contributed by atoms with van der Waals surface area (Å²) in [6.07, 6.45) is 5.59. The van der Waals surface area contributed by atoms with Crippen LogP contribution in [0.15, 0.2) is 48.5 Å². The van der Waals surface area contributed by atoms with Crippen molar-refractivity contribution in [1.29, 1.82) is 0 Å². The van der Waals surface area contributed by atoms with Gasteiger partial charge in [0.05, 0.1) is 12.1 Å². The molecule has 0 saturated carbocycles. The van der Waals surface area contributed by atoms with Crippen LogP contribution in [-0.2, 0) is 27.4 Å². The Bertz CT molecular complexity index is 1090. The first-order valence-corrected chi connectivity index (χ1v) is 11.0. The topological polar surface area (TPSA) is 86.5 Å². The summed E-state index contributed by atoms with van der Waals surface area (Å²) in [7, 11) is 0. The van der Waals surface area contributed by atoms with E-state index in [0.29, 0.717) is 13.2 Å². The third kappa shape index (κ3) is 5.23. The fourth-order valence-electron chi connectivity index (χ4n) is 4.30. The lowest BCUT2D eigenvalue weighted by Gasteiger charge is -2.37. The molecular weight excluding hydrogens is 406 g/mol. The first kappa shape index (κ1) is 22.2. The summed E-state index contributed by atoms with van der Waals surface area (Å²) in [4.78, 5) is 10.9. The van der Waals surface area contributed by atoms with E-state index in [-0.39, 0.29) is 5.41 Å². The Morgan fingerprint density at radius 3 is 2.75 bits per heavy atom. The minimum atomic E-state index is -0.968. The Morgan fingerprint density at radius 2 is 2.00 bits per heavy atom.